The maximum Gasteiger partial charge on any atom is 0.248 e. The van der Waals surface area contributed by atoms with Gasteiger partial charge in [-0.3, -0.25) is 9.59 Å². The van der Waals surface area contributed by atoms with Crippen LogP contribution in [0.2, 0.25) is 0 Å². The average Bonchev–Trinajstić information content (AvgIpc) is 2.19. The third-order valence-electron chi connectivity index (χ3n) is 1.25. The van der Waals surface area contributed by atoms with Crippen molar-refractivity contribution in [3.8, 4) is 0 Å². The first kappa shape index (κ1) is 16.8. The quantitative estimate of drug-likeness (QED) is 0.377. The van der Waals surface area contributed by atoms with Crippen LogP contribution in [0.1, 0.15) is 13.8 Å². The molecule has 0 heterocycles. The van der Waals surface area contributed by atoms with E-state index in [2.05, 4.69) is 23.8 Å². The first-order valence-corrected chi connectivity index (χ1v) is 4.45. The zero-order valence-electron chi connectivity index (χ0n) is 9.54. The first-order valence-electron chi connectivity index (χ1n) is 4.45. The highest BCUT2D eigenvalue weighted by Crippen LogP contribution is 1.83. The van der Waals surface area contributed by atoms with Gasteiger partial charge in [-0.1, -0.05) is 13.2 Å². The summed E-state index contributed by atoms with van der Waals surface area (Å²) in [6.07, 6.45) is 0. The van der Waals surface area contributed by atoms with Crippen LogP contribution in [-0.2, 0) is 9.59 Å². The van der Waals surface area contributed by atoms with Crippen LogP contribution in [0.4, 0.5) is 0 Å². The van der Waals surface area contributed by atoms with E-state index in [0.29, 0.717) is 11.1 Å². The van der Waals surface area contributed by atoms with Crippen molar-refractivity contribution in [1.29, 1.82) is 0 Å². The molecule has 0 saturated heterocycles. The van der Waals surface area contributed by atoms with Gasteiger partial charge in [0.25, 0.3) is 0 Å². The van der Waals surface area contributed by atoms with Crippen molar-refractivity contribution in [2.45, 2.75) is 13.8 Å². The Morgan fingerprint density at radius 1 is 0.938 bits per heavy atom. The Hall–Kier alpha value is -1.66. The van der Waals surface area contributed by atoms with Crippen LogP contribution in [0.15, 0.2) is 24.3 Å². The molecule has 2 amide bonds. The van der Waals surface area contributed by atoms with Gasteiger partial charge in [0.05, 0.1) is 0 Å². The smallest absolute Gasteiger partial charge is 0.248 e. The lowest BCUT2D eigenvalue weighted by atomic mass is 10.3. The second-order valence-corrected chi connectivity index (χ2v) is 2.89. The van der Waals surface area contributed by atoms with Gasteiger partial charge in [0.15, 0.2) is 0 Å². The van der Waals surface area contributed by atoms with Crippen LogP contribution in [0.5, 0.6) is 0 Å². The van der Waals surface area contributed by atoms with Crippen molar-refractivity contribution in [2.75, 3.05) is 13.5 Å². The molecule has 0 saturated carbocycles. The number of amides is 2. The molecule has 0 rings (SSSR count). The fraction of sp³-hybridized carbons (Fsp3) is 0.400. The Morgan fingerprint density at radius 2 is 1.19 bits per heavy atom. The van der Waals surface area contributed by atoms with Crippen molar-refractivity contribution in [3.05, 3.63) is 24.3 Å². The van der Waals surface area contributed by atoms with Crippen molar-refractivity contribution >= 4 is 11.8 Å². The maximum absolute atomic E-state index is 10.4. The van der Waals surface area contributed by atoms with Gasteiger partial charge in [-0.2, -0.15) is 0 Å². The Bertz CT molecular complexity index is 246. The number of aliphatic hydroxyl groups excluding tert-OH is 2. The lowest BCUT2D eigenvalue weighted by Crippen LogP contribution is -2.24. The van der Waals surface area contributed by atoms with Crippen LogP contribution < -0.4 is 10.6 Å². The van der Waals surface area contributed by atoms with E-state index in [1.807, 2.05) is 0 Å². The number of hydrogen-bond acceptors (Lipinski definition) is 4. The summed E-state index contributed by atoms with van der Waals surface area (Å²) >= 11 is 0. The van der Waals surface area contributed by atoms with Gasteiger partial charge in [-0.25, -0.2) is 0 Å². The van der Waals surface area contributed by atoms with E-state index in [1.54, 1.807) is 13.8 Å². The summed E-state index contributed by atoms with van der Waals surface area (Å²) in [5.41, 5.74) is 0.804. The van der Waals surface area contributed by atoms with Crippen LogP contribution in [0.3, 0.4) is 0 Å². The van der Waals surface area contributed by atoms with E-state index in [-0.39, 0.29) is 25.3 Å². The second-order valence-electron chi connectivity index (χ2n) is 2.89. The van der Waals surface area contributed by atoms with E-state index in [4.69, 9.17) is 10.2 Å². The number of carbonyl (C=O) groups excluding carboxylic acids is 2. The predicted octanol–water partition coefficient (Wildman–Crippen LogP) is -0.743. The third-order valence-corrected chi connectivity index (χ3v) is 1.25. The van der Waals surface area contributed by atoms with Gasteiger partial charge in [-0.05, 0) is 13.8 Å². The minimum absolute atomic E-state index is 0.312. The predicted molar refractivity (Wildman–Crippen MR) is 60.1 cm³/mol. The van der Waals surface area contributed by atoms with Crippen LogP contribution in [-0.4, -0.2) is 35.5 Å². The van der Waals surface area contributed by atoms with E-state index in [0.717, 1.165) is 0 Å². The molecule has 4 N–H and O–H groups in total. The topological polar surface area (TPSA) is 98.7 Å². The third kappa shape index (κ3) is 10.4. The summed E-state index contributed by atoms with van der Waals surface area (Å²) < 4.78 is 0. The minimum atomic E-state index is -0.328. The molecule has 92 valence electrons. The Labute approximate surface area is 94.7 Å². The van der Waals surface area contributed by atoms with Crippen molar-refractivity contribution in [2.24, 2.45) is 0 Å². The fourth-order valence-corrected chi connectivity index (χ4v) is 0.445. The molecule has 0 bridgehead atoms. The van der Waals surface area contributed by atoms with Crippen molar-refractivity contribution in [3.63, 3.8) is 0 Å². The molecule has 0 fully saturated rings. The van der Waals surface area contributed by atoms with Crippen LogP contribution >= 0.6 is 0 Å². The van der Waals surface area contributed by atoms with E-state index >= 15 is 0 Å². The summed E-state index contributed by atoms with van der Waals surface area (Å²) in [5, 5.41) is 20.5. The molecule has 0 aliphatic heterocycles. The number of rotatable bonds is 4. The molecular formula is C10H18N2O4. The summed E-state index contributed by atoms with van der Waals surface area (Å²) in [7, 11) is 0. The highest BCUT2D eigenvalue weighted by molar-refractivity contribution is 5.92. The normalized spacial score (nSPS) is 8.25. The van der Waals surface area contributed by atoms with E-state index < -0.39 is 0 Å². The molecule has 0 aliphatic carbocycles. The molecule has 0 aromatic carbocycles. The zero-order valence-corrected chi connectivity index (χ0v) is 9.54. The standard InChI is InChI=1S/2C5H9NO2/c2*1-4(2)5(8)6-3-7/h2*7H,1,3H2,2H3,(H,6,8). The molecular weight excluding hydrogens is 212 g/mol. The molecule has 6 nitrogen and oxygen atoms in total. The Balaban J connectivity index is 0. The largest absolute Gasteiger partial charge is 0.376 e. The molecule has 0 radical (unpaired) electrons. The first-order chi connectivity index (χ1) is 7.36. The molecule has 0 unspecified atom stereocenters. The lowest BCUT2D eigenvalue weighted by Gasteiger charge is -1.96. The molecule has 0 aliphatic rings. The van der Waals surface area contributed by atoms with Crippen molar-refractivity contribution in [1.82, 2.24) is 10.6 Å². The number of hydrogen-bond donors (Lipinski definition) is 4. The molecule has 0 aromatic heterocycles. The Morgan fingerprint density at radius 3 is 1.25 bits per heavy atom. The highest BCUT2D eigenvalue weighted by Gasteiger charge is 1.96. The second kappa shape index (κ2) is 9.88. The van der Waals surface area contributed by atoms with Gasteiger partial charge in [0.2, 0.25) is 11.8 Å². The number of nitrogens with one attached hydrogen (secondary N) is 2. The summed E-state index contributed by atoms with van der Waals surface area (Å²) in [6.45, 7) is 9.19. The number of carbonyl (C=O) groups is 2. The Kier molecular flexibility index (Phi) is 10.3. The van der Waals surface area contributed by atoms with Gasteiger partial charge in [0, 0.05) is 11.1 Å². The van der Waals surface area contributed by atoms with E-state index in [9.17, 15) is 9.59 Å². The monoisotopic (exact) mass is 230 g/mol. The average molecular weight is 230 g/mol. The summed E-state index contributed by atoms with van der Waals surface area (Å²) in [5.74, 6) is -0.625. The molecule has 0 atom stereocenters. The minimum Gasteiger partial charge on any atom is -0.376 e. The fourth-order valence-electron chi connectivity index (χ4n) is 0.445. The summed E-state index contributed by atoms with van der Waals surface area (Å²) in [6, 6.07) is 0. The molecule has 16 heavy (non-hydrogen) atoms. The lowest BCUT2D eigenvalue weighted by molar-refractivity contribution is -0.119. The van der Waals surface area contributed by atoms with Crippen molar-refractivity contribution < 1.29 is 19.8 Å². The molecule has 0 aromatic rings. The van der Waals surface area contributed by atoms with Gasteiger partial charge in [-0.15, -0.1) is 0 Å². The van der Waals surface area contributed by atoms with Gasteiger partial charge < -0.3 is 20.8 Å². The number of aliphatic hydroxyl groups is 2. The van der Waals surface area contributed by atoms with Crippen LogP contribution in [0.25, 0.3) is 0 Å². The SMILES string of the molecule is C=C(C)C(=O)NCO.C=C(C)C(=O)NCO. The zero-order chi connectivity index (χ0) is 13.1. The van der Waals surface area contributed by atoms with Crippen LogP contribution in [0, 0.1) is 0 Å². The maximum atomic E-state index is 10.4. The van der Waals surface area contributed by atoms with Gasteiger partial charge in [0.1, 0.15) is 13.5 Å². The van der Waals surface area contributed by atoms with Gasteiger partial charge >= 0.3 is 0 Å². The summed E-state index contributed by atoms with van der Waals surface area (Å²) in [4.78, 5) is 20.7. The highest BCUT2D eigenvalue weighted by atomic mass is 16.3. The molecule has 0 spiro atoms. The molecule has 6 heteroatoms. The van der Waals surface area contributed by atoms with E-state index in [1.165, 1.54) is 0 Å².